The van der Waals surface area contributed by atoms with E-state index in [4.69, 9.17) is 4.74 Å². The number of imidazole rings is 1. The molecule has 3 aromatic heterocycles. The monoisotopic (exact) mass is 386 g/mol. The number of rotatable bonds is 6. The number of nitrogens with zero attached hydrogens (tertiary/aromatic N) is 3. The normalized spacial score (nSPS) is 11.9. The molecule has 1 unspecified atom stereocenters. The second kappa shape index (κ2) is 8.14. The molecule has 0 aliphatic rings. The first-order chi connectivity index (χ1) is 14.1. The Labute approximate surface area is 169 Å². The summed E-state index contributed by atoms with van der Waals surface area (Å²) in [5.74, 6) is 0.468. The van der Waals surface area contributed by atoms with E-state index in [2.05, 4.69) is 15.3 Å². The Morgan fingerprint density at radius 1 is 1.17 bits per heavy atom. The Morgan fingerprint density at radius 2 is 2.07 bits per heavy atom. The molecule has 1 amide bonds. The van der Waals surface area contributed by atoms with Crippen LogP contribution in [0.3, 0.4) is 0 Å². The van der Waals surface area contributed by atoms with Gasteiger partial charge in [-0.25, -0.2) is 4.98 Å². The van der Waals surface area contributed by atoms with Gasteiger partial charge in [-0.3, -0.25) is 9.78 Å². The van der Waals surface area contributed by atoms with Crippen LogP contribution in [0, 0.1) is 6.92 Å². The Balaban J connectivity index is 1.41. The molecule has 0 saturated carbocycles. The topological polar surface area (TPSA) is 68.5 Å². The van der Waals surface area contributed by atoms with Crippen molar-refractivity contribution in [3.05, 3.63) is 95.7 Å². The van der Waals surface area contributed by atoms with Crippen LogP contribution in [0.5, 0.6) is 5.75 Å². The van der Waals surface area contributed by atoms with Crippen LogP contribution in [0.4, 0.5) is 0 Å². The van der Waals surface area contributed by atoms with Crippen LogP contribution in [0.2, 0.25) is 0 Å². The van der Waals surface area contributed by atoms with Crippen molar-refractivity contribution in [3.63, 3.8) is 0 Å². The fraction of sp³-hybridized carbons (Fsp3) is 0.174. The first-order valence-corrected chi connectivity index (χ1v) is 9.46. The summed E-state index contributed by atoms with van der Waals surface area (Å²) >= 11 is 0. The molecular formula is C23H22N4O2. The second-order valence-electron chi connectivity index (χ2n) is 7.00. The summed E-state index contributed by atoms with van der Waals surface area (Å²) in [6.07, 6.45) is 7.44. The maximum atomic E-state index is 12.6. The zero-order chi connectivity index (χ0) is 20.2. The number of amides is 1. The molecule has 4 rings (SSSR count). The highest BCUT2D eigenvalue weighted by atomic mass is 16.5. The highest BCUT2D eigenvalue weighted by Gasteiger charge is 2.12. The smallest absolute Gasteiger partial charge is 0.251 e. The number of hydrogen-bond acceptors (Lipinski definition) is 4. The predicted molar refractivity (Wildman–Crippen MR) is 111 cm³/mol. The quantitative estimate of drug-likeness (QED) is 0.541. The van der Waals surface area contributed by atoms with Crippen molar-refractivity contribution in [1.82, 2.24) is 19.7 Å². The highest BCUT2D eigenvalue weighted by Crippen LogP contribution is 2.17. The summed E-state index contributed by atoms with van der Waals surface area (Å²) in [6, 6.07) is 14.8. The van der Waals surface area contributed by atoms with E-state index in [0.29, 0.717) is 17.9 Å². The molecule has 0 bridgehead atoms. The highest BCUT2D eigenvalue weighted by molar-refractivity contribution is 5.94. The van der Waals surface area contributed by atoms with Crippen LogP contribution in [0.15, 0.2) is 73.3 Å². The molecule has 0 spiro atoms. The molecule has 146 valence electrons. The van der Waals surface area contributed by atoms with E-state index < -0.39 is 0 Å². The average Bonchev–Trinajstić information content (AvgIpc) is 3.15. The third kappa shape index (κ3) is 4.43. The molecule has 4 aromatic rings. The summed E-state index contributed by atoms with van der Waals surface area (Å²) in [7, 11) is 0. The van der Waals surface area contributed by atoms with E-state index in [1.807, 2.05) is 67.0 Å². The number of pyridine rings is 2. The Kier molecular flexibility index (Phi) is 5.24. The molecule has 1 aromatic carbocycles. The molecule has 0 aliphatic carbocycles. The van der Waals surface area contributed by atoms with E-state index in [1.165, 1.54) is 5.56 Å². The van der Waals surface area contributed by atoms with Crippen molar-refractivity contribution in [2.45, 2.75) is 26.5 Å². The number of ether oxygens (including phenoxy) is 1. The number of fused-ring (bicyclic) bond motifs is 1. The molecule has 3 heterocycles. The van der Waals surface area contributed by atoms with Gasteiger partial charge in [-0.2, -0.15) is 0 Å². The Hall–Kier alpha value is -3.67. The fourth-order valence-electron chi connectivity index (χ4n) is 3.10. The minimum Gasteiger partial charge on any atom is -0.487 e. The zero-order valence-electron chi connectivity index (χ0n) is 16.4. The molecule has 6 nitrogen and oxygen atoms in total. The van der Waals surface area contributed by atoms with Crippen LogP contribution < -0.4 is 10.1 Å². The molecular weight excluding hydrogens is 364 g/mol. The molecule has 0 radical (unpaired) electrons. The molecule has 0 fully saturated rings. The lowest BCUT2D eigenvalue weighted by Gasteiger charge is -2.14. The maximum Gasteiger partial charge on any atom is 0.251 e. The van der Waals surface area contributed by atoms with Crippen molar-refractivity contribution in [2.75, 3.05) is 0 Å². The minimum absolute atomic E-state index is 0.137. The van der Waals surface area contributed by atoms with Crippen molar-refractivity contribution in [2.24, 2.45) is 0 Å². The number of aryl methyl sites for hydroxylation is 1. The van der Waals surface area contributed by atoms with E-state index in [0.717, 1.165) is 16.9 Å². The average molecular weight is 386 g/mol. The molecule has 0 aliphatic heterocycles. The fourth-order valence-corrected chi connectivity index (χ4v) is 3.10. The van der Waals surface area contributed by atoms with Crippen molar-refractivity contribution < 1.29 is 9.53 Å². The van der Waals surface area contributed by atoms with Crippen LogP contribution in [0.25, 0.3) is 5.65 Å². The lowest BCUT2D eigenvalue weighted by molar-refractivity contribution is 0.0939. The van der Waals surface area contributed by atoms with Crippen molar-refractivity contribution in [1.29, 1.82) is 0 Å². The summed E-state index contributed by atoms with van der Waals surface area (Å²) < 4.78 is 7.85. The summed E-state index contributed by atoms with van der Waals surface area (Å²) in [5.41, 5.74) is 4.38. The van der Waals surface area contributed by atoms with Gasteiger partial charge in [0.1, 0.15) is 18.0 Å². The second-order valence-corrected chi connectivity index (χ2v) is 7.00. The van der Waals surface area contributed by atoms with Gasteiger partial charge >= 0.3 is 0 Å². The third-order valence-corrected chi connectivity index (χ3v) is 4.66. The van der Waals surface area contributed by atoms with E-state index in [-0.39, 0.29) is 11.9 Å². The molecule has 1 atom stereocenters. The van der Waals surface area contributed by atoms with E-state index in [9.17, 15) is 4.79 Å². The number of carbonyl (C=O) groups excluding carboxylic acids is 1. The first-order valence-electron chi connectivity index (χ1n) is 9.46. The minimum atomic E-state index is -0.157. The molecule has 6 heteroatoms. The van der Waals surface area contributed by atoms with E-state index in [1.54, 1.807) is 24.5 Å². The van der Waals surface area contributed by atoms with E-state index >= 15 is 0 Å². The third-order valence-electron chi connectivity index (χ3n) is 4.66. The maximum absolute atomic E-state index is 12.6. The number of hydrogen-bond donors (Lipinski definition) is 1. The summed E-state index contributed by atoms with van der Waals surface area (Å²) in [6.45, 7) is 4.31. The number of nitrogens with one attached hydrogen (secondary N) is 1. The van der Waals surface area contributed by atoms with Gasteiger partial charge in [-0.15, -0.1) is 0 Å². The lowest BCUT2D eigenvalue weighted by atomic mass is 10.1. The SMILES string of the molecule is Cc1ccc2nc(COc3cccc(C(=O)NC(C)c4cccnc4)c3)cn2c1. The lowest BCUT2D eigenvalue weighted by Crippen LogP contribution is -2.26. The predicted octanol–water partition coefficient (Wildman–Crippen LogP) is 4.11. The van der Waals surface area contributed by atoms with Crippen LogP contribution in [-0.2, 0) is 6.61 Å². The summed E-state index contributed by atoms with van der Waals surface area (Å²) in [5, 5.41) is 2.99. The zero-order valence-corrected chi connectivity index (χ0v) is 16.4. The van der Waals surface area contributed by atoms with Gasteiger partial charge < -0.3 is 14.5 Å². The van der Waals surface area contributed by atoms with Crippen molar-refractivity contribution >= 4 is 11.6 Å². The van der Waals surface area contributed by atoms with Crippen molar-refractivity contribution in [3.8, 4) is 5.75 Å². The Morgan fingerprint density at radius 3 is 2.90 bits per heavy atom. The van der Waals surface area contributed by atoms with Gasteiger partial charge in [0.25, 0.3) is 5.91 Å². The van der Waals surface area contributed by atoms with Gasteiger partial charge in [0, 0.05) is 30.4 Å². The van der Waals surface area contributed by atoms with Gasteiger partial charge in [0.05, 0.1) is 11.7 Å². The van der Waals surface area contributed by atoms with Gasteiger partial charge in [0.2, 0.25) is 0 Å². The molecule has 0 saturated heterocycles. The largest absolute Gasteiger partial charge is 0.487 e. The Bertz CT molecular complexity index is 1140. The van der Waals surface area contributed by atoms with Gasteiger partial charge in [0.15, 0.2) is 0 Å². The number of carbonyl (C=O) groups is 1. The molecule has 1 N–H and O–H groups in total. The molecule has 29 heavy (non-hydrogen) atoms. The first kappa shape index (κ1) is 18.7. The number of benzene rings is 1. The van der Waals surface area contributed by atoms with Gasteiger partial charge in [-0.05, 0) is 55.3 Å². The van der Waals surface area contributed by atoms with Crippen LogP contribution in [-0.4, -0.2) is 20.3 Å². The van der Waals surface area contributed by atoms with Crippen LogP contribution in [0.1, 0.15) is 40.1 Å². The van der Waals surface area contributed by atoms with Gasteiger partial charge in [-0.1, -0.05) is 18.2 Å². The van der Waals surface area contributed by atoms with Crippen LogP contribution >= 0.6 is 0 Å². The summed E-state index contributed by atoms with van der Waals surface area (Å²) in [4.78, 5) is 21.2. The number of aromatic nitrogens is 3. The standard InChI is InChI=1S/C23H22N4O2/c1-16-8-9-22-26-20(14-27(22)13-16)15-29-21-7-3-5-18(11-21)23(28)25-17(2)19-6-4-10-24-12-19/h3-14,17H,15H2,1-2H3,(H,25,28).